The van der Waals surface area contributed by atoms with Gasteiger partial charge >= 0.3 is 0 Å². The molecule has 1 N–H and O–H groups in total. The Hall–Kier alpha value is -3.44. The third-order valence-corrected chi connectivity index (χ3v) is 5.56. The SMILES string of the molecule is COc1ncc(C#Cc2cnn(C3COC3)c2)c2cc(NC(=O)[C@H]3C[C@H]3C)ncc12. The molecule has 0 unspecified atom stereocenters. The average molecular weight is 403 g/mol. The van der Waals surface area contributed by atoms with Crippen LogP contribution in [0.2, 0.25) is 0 Å². The fraction of sp³-hybridized carbons (Fsp3) is 0.364. The molecule has 2 fully saturated rings. The van der Waals surface area contributed by atoms with Gasteiger partial charge in [-0.2, -0.15) is 5.10 Å². The summed E-state index contributed by atoms with van der Waals surface area (Å²) in [5, 5.41) is 8.83. The largest absolute Gasteiger partial charge is 0.481 e. The first-order valence-electron chi connectivity index (χ1n) is 9.90. The van der Waals surface area contributed by atoms with Crippen molar-refractivity contribution in [3.63, 3.8) is 0 Å². The van der Waals surface area contributed by atoms with Crippen molar-refractivity contribution in [1.29, 1.82) is 0 Å². The number of methoxy groups -OCH3 is 1. The zero-order chi connectivity index (χ0) is 20.7. The Bertz CT molecular complexity index is 1190. The molecule has 2 aliphatic rings. The average Bonchev–Trinajstić information content (AvgIpc) is 3.27. The molecule has 0 spiro atoms. The third kappa shape index (κ3) is 3.48. The van der Waals surface area contributed by atoms with Gasteiger partial charge in [-0.05, 0) is 18.4 Å². The van der Waals surface area contributed by atoms with Crippen LogP contribution in [0.1, 0.15) is 30.5 Å². The molecule has 0 bridgehead atoms. The van der Waals surface area contributed by atoms with Gasteiger partial charge in [-0.3, -0.25) is 9.48 Å². The van der Waals surface area contributed by atoms with Gasteiger partial charge in [0.05, 0.1) is 49.1 Å². The highest BCUT2D eigenvalue weighted by Gasteiger charge is 2.39. The molecule has 3 aromatic heterocycles. The second kappa shape index (κ2) is 7.43. The fourth-order valence-electron chi connectivity index (χ4n) is 3.47. The molecule has 1 amide bonds. The van der Waals surface area contributed by atoms with E-state index in [1.807, 2.05) is 16.9 Å². The highest BCUT2D eigenvalue weighted by Crippen LogP contribution is 2.38. The lowest BCUT2D eigenvalue weighted by molar-refractivity contribution is -0.117. The third-order valence-electron chi connectivity index (χ3n) is 5.56. The molecule has 0 radical (unpaired) electrons. The summed E-state index contributed by atoms with van der Waals surface area (Å²) in [6, 6.07) is 2.11. The smallest absolute Gasteiger partial charge is 0.228 e. The molecule has 152 valence electrons. The molecule has 1 saturated carbocycles. The summed E-state index contributed by atoms with van der Waals surface area (Å²) in [5.41, 5.74) is 1.54. The number of nitrogens with one attached hydrogen (secondary N) is 1. The number of hydrogen-bond donors (Lipinski definition) is 1. The van der Waals surface area contributed by atoms with Gasteiger partial charge in [0.25, 0.3) is 0 Å². The number of rotatable bonds is 4. The van der Waals surface area contributed by atoms with Crippen LogP contribution in [0.25, 0.3) is 10.8 Å². The summed E-state index contributed by atoms with van der Waals surface area (Å²) < 4.78 is 12.5. The van der Waals surface area contributed by atoms with Crippen molar-refractivity contribution in [2.24, 2.45) is 11.8 Å². The van der Waals surface area contributed by atoms with Gasteiger partial charge < -0.3 is 14.8 Å². The lowest BCUT2D eigenvalue weighted by atomic mass is 10.1. The number of fused-ring (bicyclic) bond motifs is 1. The monoisotopic (exact) mass is 403 g/mol. The van der Waals surface area contributed by atoms with Gasteiger partial charge in [-0.1, -0.05) is 18.8 Å². The molecule has 8 nitrogen and oxygen atoms in total. The Morgan fingerprint density at radius 3 is 2.77 bits per heavy atom. The number of anilines is 1. The van der Waals surface area contributed by atoms with Crippen LogP contribution >= 0.6 is 0 Å². The van der Waals surface area contributed by atoms with E-state index in [-0.39, 0.29) is 17.9 Å². The molecule has 0 aromatic carbocycles. The Kier molecular flexibility index (Phi) is 4.60. The van der Waals surface area contributed by atoms with Crippen molar-refractivity contribution in [1.82, 2.24) is 19.7 Å². The van der Waals surface area contributed by atoms with Gasteiger partial charge in [0.15, 0.2) is 0 Å². The van der Waals surface area contributed by atoms with E-state index in [0.717, 1.165) is 28.3 Å². The van der Waals surface area contributed by atoms with Crippen molar-refractivity contribution in [2.75, 3.05) is 25.6 Å². The van der Waals surface area contributed by atoms with Crippen LogP contribution in [-0.4, -0.2) is 46.0 Å². The maximum atomic E-state index is 12.3. The van der Waals surface area contributed by atoms with Crippen molar-refractivity contribution < 1.29 is 14.3 Å². The molecular weight excluding hydrogens is 382 g/mol. The zero-order valence-corrected chi connectivity index (χ0v) is 16.8. The van der Waals surface area contributed by atoms with Crippen LogP contribution in [0.3, 0.4) is 0 Å². The minimum atomic E-state index is 0.00962. The summed E-state index contributed by atoms with van der Waals surface area (Å²) in [4.78, 5) is 21.0. The summed E-state index contributed by atoms with van der Waals surface area (Å²) in [6.45, 7) is 3.44. The second-order valence-electron chi connectivity index (χ2n) is 7.76. The predicted octanol–water partition coefficient (Wildman–Crippen LogP) is 2.40. The van der Waals surface area contributed by atoms with E-state index in [1.54, 1.807) is 25.7 Å². The summed E-state index contributed by atoms with van der Waals surface area (Å²) in [6.07, 6.45) is 7.92. The molecule has 3 aromatic rings. The van der Waals surface area contributed by atoms with Crippen molar-refractivity contribution in [3.05, 3.63) is 42.0 Å². The van der Waals surface area contributed by atoms with Gasteiger partial charge in [-0.25, -0.2) is 9.97 Å². The summed E-state index contributed by atoms with van der Waals surface area (Å²) in [5.74, 6) is 7.81. The lowest BCUT2D eigenvalue weighted by Crippen LogP contribution is -2.30. The topological polar surface area (TPSA) is 91.2 Å². The number of hydrogen-bond acceptors (Lipinski definition) is 6. The Balaban J connectivity index is 1.47. The minimum absolute atomic E-state index is 0.00962. The molecule has 8 heteroatoms. The molecule has 1 aliphatic heterocycles. The Labute approximate surface area is 173 Å². The van der Waals surface area contributed by atoms with E-state index >= 15 is 0 Å². The maximum absolute atomic E-state index is 12.3. The normalized spacial score (nSPS) is 20.2. The van der Waals surface area contributed by atoms with E-state index in [4.69, 9.17) is 9.47 Å². The van der Waals surface area contributed by atoms with E-state index in [0.29, 0.717) is 30.8 Å². The van der Waals surface area contributed by atoms with Gasteiger partial charge in [0.2, 0.25) is 11.8 Å². The first-order chi connectivity index (χ1) is 14.6. The van der Waals surface area contributed by atoms with E-state index in [1.165, 1.54) is 0 Å². The number of nitrogens with zero attached hydrogens (tertiary/aromatic N) is 4. The van der Waals surface area contributed by atoms with E-state index in [2.05, 4.69) is 39.1 Å². The lowest BCUT2D eigenvalue weighted by Gasteiger charge is -2.25. The Morgan fingerprint density at radius 1 is 1.23 bits per heavy atom. The molecule has 5 rings (SSSR count). The van der Waals surface area contributed by atoms with Gasteiger partial charge in [0.1, 0.15) is 5.82 Å². The molecule has 1 aliphatic carbocycles. The minimum Gasteiger partial charge on any atom is -0.481 e. The second-order valence-corrected chi connectivity index (χ2v) is 7.76. The molecule has 30 heavy (non-hydrogen) atoms. The summed E-state index contributed by atoms with van der Waals surface area (Å²) in [7, 11) is 1.57. The Morgan fingerprint density at radius 2 is 2.07 bits per heavy atom. The van der Waals surface area contributed by atoms with Crippen LogP contribution in [0.4, 0.5) is 5.82 Å². The van der Waals surface area contributed by atoms with Gasteiger partial charge in [-0.15, -0.1) is 0 Å². The van der Waals surface area contributed by atoms with E-state index in [9.17, 15) is 4.79 Å². The number of ether oxygens (including phenoxy) is 2. The van der Waals surface area contributed by atoms with Crippen LogP contribution in [-0.2, 0) is 9.53 Å². The fourth-order valence-corrected chi connectivity index (χ4v) is 3.47. The molecule has 4 heterocycles. The van der Waals surface area contributed by atoms with Gasteiger partial charge in [0, 0.05) is 29.9 Å². The molecular formula is C22H21N5O3. The van der Waals surface area contributed by atoms with Crippen LogP contribution in [0.5, 0.6) is 5.88 Å². The van der Waals surface area contributed by atoms with Crippen LogP contribution < -0.4 is 10.1 Å². The molecule has 1 saturated heterocycles. The number of aromatic nitrogens is 4. The standard InChI is InChI=1S/C22H21N5O3/c1-13-5-17(13)21(28)26-20-6-18-15(8-24-22(29-2)19(18)9-23-20)4-3-14-7-25-27(10-14)16-11-30-12-16/h6-10,13,16-17H,5,11-12H2,1-2H3,(H,23,26,28)/t13-,17+/m1/s1. The zero-order valence-electron chi connectivity index (χ0n) is 16.8. The highest BCUT2D eigenvalue weighted by molar-refractivity contribution is 5.97. The predicted molar refractivity (Wildman–Crippen MR) is 110 cm³/mol. The van der Waals surface area contributed by atoms with Crippen molar-refractivity contribution in [2.45, 2.75) is 19.4 Å². The number of pyridine rings is 2. The first-order valence-corrected chi connectivity index (χ1v) is 9.90. The molecule has 2 atom stereocenters. The highest BCUT2D eigenvalue weighted by atomic mass is 16.5. The van der Waals surface area contributed by atoms with Crippen molar-refractivity contribution in [3.8, 4) is 17.7 Å². The van der Waals surface area contributed by atoms with Crippen molar-refractivity contribution >= 4 is 22.5 Å². The van der Waals surface area contributed by atoms with Crippen LogP contribution in [0, 0.1) is 23.7 Å². The summed E-state index contributed by atoms with van der Waals surface area (Å²) >= 11 is 0. The number of carbonyl (C=O) groups is 1. The maximum Gasteiger partial charge on any atom is 0.228 e. The number of amides is 1. The first kappa shape index (κ1) is 18.6. The van der Waals surface area contributed by atoms with Crippen LogP contribution in [0.15, 0.2) is 30.9 Å². The quantitative estimate of drug-likeness (QED) is 0.673. The number of carbonyl (C=O) groups excluding carboxylic acids is 1. The van der Waals surface area contributed by atoms with E-state index < -0.39 is 0 Å².